The first kappa shape index (κ1) is 9.17. The molecular formula is C7H12N2S. The standard InChI is InChI=1S/C7H12N2S/c1-3-6(2)9-7(10)4-5-8/h3-5H,8H2,1-2H3,(H,9,10)/b5-4-,6-3-. The highest BCUT2D eigenvalue weighted by molar-refractivity contribution is 7.80. The molecule has 0 aliphatic heterocycles. The van der Waals surface area contributed by atoms with E-state index in [0.29, 0.717) is 4.99 Å². The van der Waals surface area contributed by atoms with E-state index in [0.717, 1.165) is 5.70 Å². The van der Waals surface area contributed by atoms with Crippen LogP contribution in [0.3, 0.4) is 0 Å². The summed E-state index contributed by atoms with van der Waals surface area (Å²) in [5.41, 5.74) is 6.15. The Morgan fingerprint density at radius 3 is 2.60 bits per heavy atom. The van der Waals surface area contributed by atoms with Crippen molar-refractivity contribution in [2.75, 3.05) is 0 Å². The van der Waals surface area contributed by atoms with Crippen LogP contribution in [0.4, 0.5) is 0 Å². The zero-order valence-electron chi connectivity index (χ0n) is 6.22. The van der Waals surface area contributed by atoms with Crippen LogP contribution >= 0.6 is 12.2 Å². The maximum absolute atomic E-state index is 5.12. The Bertz CT molecular complexity index is 170. The van der Waals surface area contributed by atoms with Crippen molar-refractivity contribution in [2.24, 2.45) is 5.73 Å². The lowest BCUT2D eigenvalue weighted by molar-refractivity contribution is 1.13. The van der Waals surface area contributed by atoms with Gasteiger partial charge in [0.2, 0.25) is 0 Å². The predicted molar refractivity (Wildman–Crippen MR) is 48.5 cm³/mol. The Hall–Kier alpha value is -0.830. The molecule has 0 saturated carbocycles. The number of hydrogen-bond donors (Lipinski definition) is 2. The summed E-state index contributed by atoms with van der Waals surface area (Å²) in [5, 5.41) is 2.96. The smallest absolute Gasteiger partial charge is 0.104 e. The molecule has 0 heterocycles. The van der Waals surface area contributed by atoms with Gasteiger partial charge in [-0.3, -0.25) is 0 Å². The molecule has 3 N–H and O–H groups in total. The van der Waals surface area contributed by atoms with Gasteiger partial charge in [-0.1, -0.05) is 18.3 Å². The van der Waals surface area contributed by atoms with Gasteiger partial charge in [-0.25, -0.2) is 0 Å². The molecule has 56 valence electrons. The number of hydrogen-bond acceptors (Lipinski definition) is 2. The van der Waals surface area contributed by atoms with Gasteiger partial charge in [0, 0.05) is 5.70 Å². The maximum atomic E-state index is 5.12. The summed E-state index contributed by atoms with van der Waals surface area (Å²) in [4.78, 5) is 0.637. The summed E-state index contributed by atoms with van der Waals surface area (Å²) < 4.78 is 0. The monoisotopic (exact) mass is 156 g/mol. The second-order valence-electron chi connectivity index (χ2n) is 1.82. The average Bonchev–Trinajstić information content (AvgIpc) is 1.88. The molecule has 0 aliphatic carbocycles. The fourth-order valence-electron chi connectivity index (χ4n) is 0.396. The summed E-state index contributed by atoms with van der Waals surface area (Å²) in [7, 11) is 0. The first-order valence-electron chi connectivity index (χ1n) is 3.03. The molecule has 0 atom stereocenters. The molecule has 0 aliphatic rings. The predicted octanol–water partition coefficient (Wildman–Crippen LogP) is 1.30. The van der Waals surface area contributed by atoms with Gasteiger partial charge in [-0.15, -0.1) is 0 Å². The Morgan fingerprint density at radius 2 is 2.20 bits per heavy atom. The number of nitrogens with two attached hydrogens (primary N) is 1. The van der Waals surface area contributed by atoms with Crippen LogP contribution < -0.4 is 11.1 Å². The summed E-state index contributed by atoms with van der Waals surface area (Å²) >= 11 is 4.88. The molecule has 0 rings (SSSR count). The van der Waals surface area contributed by atoms with Crippen LogP contribution in [-0.2, 0) is 0 Å². The van der Waals surface area contributed by atoms with Crippen molar-refractivity contribution in [3.05, 3.63) is 24.0 Å². The Balaban J connectivity index is 3.80. The lowest BCUT2D eigenvalue weighted by atomic mass is 10.4. The van der Waals surface area contributed by atoms with E-state index in [2.05, 4.69) is 5.32 Å². The van der Waals surface area contributed by atoms with Gasteiger partial charge >= 0.3 is 0 Å². The molecule has 0 amide bonds. The van der Waals surface area contributed by atoms with Crippen LogP contribution in [-0.4, -0.2) is 4.99 Å². The number of nitrogens with one attached hydrogen (secondary N) is 1. The Kier molecular flexibility index (Phi) is 4.58. The summed E-state index contributed by atoms with van der Waals surface area (Å²) in [5.74, 6) is 0. The quantitative estimate of drug-likeness (QED) is 0.467. The number of rotatable bonds is 2. The molecule has 0 spiro atoms. The van der Waals surface area contributed by atoms with E-state index in [1.54, 1.807) is 6.08 Å². The van der Waals surface area contributed by atoms with Gasteiger partial charge in [-0.05, 0) is 26.1 Å². The first-order chi connectivity index (χ1) is 4.70. The molecule has 0 aromatic rings. The van der Waals surface area contributed by atoms with E-state index < -0.39 is 0 Å². The Morgan fingerprint density at radius 1 is 1.60 bits per heavy atom. The van der Waals surface area contributed by atoms with Crippen LogP contribution in [0.5, 0.6) is 0 Å². The fourth-order valence-corrected chi connectivity index (χ4v) is 0.635. The van der Waals surface area contributed by atoms with Gasteiger partial charge in [0.15, 0.2) is 0 Å². The van der Waals surface area contributed by atoms with E-state index in [4.69, 9.17) is 18.0 Å². The highest BCUT2D eigenvalue weighted by Gasteiger charge is 1.87. The zero-order chi connectivity index (χ0) is 7.98. The second-order valence-corrected chi connectivity index (χ2v) is 2.26. The van der Waals surface area contributed by atoms with Crippen molar-refractivity contribution >= 4 is 17.2 Å². The van der Waals surface area contributed by atoms with E-state index >= 15 is 0 Å². The molecule has 0 saturated heterocycles. The zero-order valence-corrected chi connectivity index (χ0v) is 7.03. The van der Waals surface area contributed by atoms with Gasteiger partial charge in [0.05, 0.1) is 0 Å². The third-order valence-corrected chi connectivity index (χ3v) is 1.24. The summed E-state index contributed by atoms with van der Waals surface area (Å²) in [6, 6.07) is 0. The van der Waals surface area contributed by atoms with Crippen molar-refractivity contribution in [2.45, 2.75) is 13.8 Å². The van der Waals surface area contributed by atoms with E-state index in [1.165, 1.54) is 6.20 Å². The third-order valence-electron chi connectivity index (χ3n) is 1.00. The van der Waals surface area contributed by atoms with E-state index in [9.17, 15) is 0 Å². The number of thiocarbonyl (C=S) groups is 1. The molecule has 0 unspecified atom stereocenters. The van der Waals surface area contributed by atoms with Gasteiger partial charge in [0.25, 0.3) is 0 Å². The molecule has 3 heteroatoms. The maximum Gasteiger partial charge on any atom is 0.104 e. The minimum Gasteiger partial charge on any atom is -0.405 e. The summed E-state index contributed by atoms with van der Waals surface area (Å²) in [6.07, 6.45) is 5.00. The van der Waals surface area contributed by atoms with Gasteiger partial charge < -0.3 is 11.1 Å². The van der Waals surface area contributed by atoms with Crippen LogP contribution in [0.25, 0.3) is 0 Å². The lowest BCUT2D eigenvalue weighted by Gasteiger charge is -2.01. The SMILES string of the molecule is C/C=C(/C)NC(=S)/C=C\N. The molecule has 0 bridgehead atoms. The van der Waals surface area contributed by atoms with Crippen molar-refractivity contribution < 1.29 is 0 Å². The summed E-state index contributed by atoms with van der Waals surface area (Å²) in [6.45, 7) is 3.88. The molecule has 0 aromatic carbocycles. The van der Waals surface area contributed by atoms with Crippen molar-refractivity contribution in [3.63, 3.8) is 0 Å². The molecule has 0 fully saturated rings. The fraction of sp³-hybridized carbons (Fsp3) is 0.286. The number of allylic oxidation sites excluding steroid dienone is 2. The van der Waals surface area contributed by atoms with E-state index in [-0.39, 0.29) is 0 Å². The first-order valence-corrected chi connectivity index (χ1v) is 3.43. The normalized spacial score (nSPS) is 12.0. The van der Waals surface area contributed by atoms with Crippen LogP contribution in [0, 0.1) is 0 Å². The molecule has 0 aromatic heterocycles. The second kappa shape index (κ2) is 4.99. The van der Waals surface area contributed by atoms with Gasteiger partial charge in [-0.2, -0.15) is 0 Å². The van der Waals surface area contributed by atoms with Crippen molar-refractivity contribution in [3.8, 4) is 0 Å². The molecular weight excluding hydrogens is 144 g/mol. The van der Waals surface area contributed by atoms with Gasteiger partial charge in [0.1, 0.15) is 4.99 Å². The molecule has 2 nitrogen and oxygen atoms in total. The van der Waals surface area contributed by atoms with Crippen LogP contribution in [0.2, 0.25) is 0 Å². The lowest BCUT2D eigenvalue weighted by Crippen LogP contribution is -2.16. The minimum absolute atomic E-state index is 0.637. The van der Waals surface area contributed by atoms with E-state index in [1.807, 2.05) is 19.9 Å². The Labute approximate surface area is 66.8 Å². The largest absolute Gasteiger partial charge is 0.405 e. The van der Waals surface area contributed by atoms with Crippen LogP contribution in [0.1, 0.15) is 13.8 Å². The van der Waals surface area contributed by atoms with Crippen LogP contribution in [0.15, 0.2) is 24.0 Å². The average molecular weight is 156 g/mol. The minimum atomic E-state index is 0.637. The highest BCUT2D eigenvalue weighted by atomic mass is 32.1. The highest BCUT2D eigenvalue weighted by Crippen LogP contribution is 1.86. The molecule has 0 radical (unpaired) electrons. The third kappa shape index (κ3) is 4.09. The van der Waals surface area contributed by atoms with Crippen molar-refractivity contribution in [1.82, 2.24) is 5.32 Å². The van der Waals surface area contributed by atoms with Crippen molar-refractivity contribution in [1.29, 1.82) is 0 Å². The topological polar surface area (TPSA) is 38.0 Å². The molecule has 10 heavy (non-hydrogen) atoms.